The summed E-state index contributed by atoms with van der Waals surface area (Å²) in [7, 11) is 0. The van der Waals surface area contributed by atoms with Gasteiger partial charge in [-0.25, -0.2) is 9.59 Å². The van der Waals surface area contributed by atoms with Gasteiger partial charge in [0.1, 0.15) is 6.61 Å². The third-order valence-corrected chi connectivity index (χ3v) is 5.02. The second-order valence-corrected chi connectivity index (χ2v) is 7.38. The van der Waals surface area contributed by atoms with Gasteiger partial charge in [0.15, 0.2) is 0 Å². The molecule has 0 atom stereocenters. The van der Waals surface area contributed by atoms with Crippen LogP contribution in [0, 0.1) is 0 Å². The maximum atomic E-state index is 12.7. The highest BCUT2D eigenvalue weighted by molar-refractivity contribution is 5.89. The van der Waals surface area contributed by atoms with Crippen molar-refractivity contribution in [2.75, 3.05) is 6.54 Å². The lowest BCUT2D eigenvalue weighted by Gasteiger charge is -2.22. The molecule has 8 nitrogen and oxygen atoms in total. The lowest BCUT2D eigenvalue weighted by Crippen LogP contribution is -2.31. The summed E-state index contributed by atoms with van der Waals surface area (Å²) in [6.45, 7) is 2.39. The SMILES string of the molecule is CCN(Cc1cc(C(=O)O)ccc1-c1cncc(CC(=O)O)c1)C(=O)OCc1ccccc1. The molecule has 0 unspecified atom stereocenters. The fraction of sp³-hybridized carbons (Fsp3) is 0.200. The maximum absolute atomic E-state index is 12.7. The molecule has 0 aliphatic rings. The number of carbonyl (C=O) groups is 3. The van der Waals surface area contributed by atoms with Gasteiger partial charge in [0.2, 0.25) is 0 Å². The number of ether oxygens (including phenoxy) is 1. The van der Waals surface area contributed by atoms with Gasteiger partial charge in [0, 0.05) is 31.0 Å². The summed E-state index contributed by atoms with van der Waals surface area (Å²) < 4.78 is 5.43. The molecule has 2 aromatic carbocycles. The van der Waals surface area contributed by atoms with Crippen molar-refractivity contribution in [2.45, 2.75) is 26.5 Å². The minimum absolute atomic E-state index is 0.0807. The van der Waals surface area contributed by atoms with Crippen LogP contribution in [0.4, 0.5) is 4.79 Å². The second kappa shape index (κ2) is 10.9. The molecule has 0 aliphatic heterocycles. The Morgan fingerprint density at radius 3 is 2.39 bits per heavy atom. The van der Waals surface area contributed by atoms with E-state index in [0.717, 1.165) is 5.56 Å². The van der Waals surface area contributed by atoms with E-state index in [4.69, 9.17) is 9.84 Å². The molecule has 0 saturated heterocycles. The lowest BCUT2D eigenvalue weighted by atomic mass is 9.97. The first kappa shape index (κ1) is 23.5. The van der Waals surface area contributed by atoms with E-state index in [2.05, 4.69) is 4.98 Å². The van der Waals surface area contributed by atoms with Gasteiger partial charge >= 0.3 is 18.0 Å². The third kappa shape index (κ3) is 6.39. The van der Waals surface area contributed by atoms with Crippen LogP contribution in [-0.4, -0.2) is 44.7 Å². The zero-order chi connectivity index (χ0) is 23.8. The number of benzene rings is 2. The summed E-state index contributed by atoms with van der Waals surface area (Å²) in [6, 6.07) is 15.6. The minimum atomic E-state index is -1.09. The van der Waals surface area contributed by atoms with Crippen LogP contribution in [0.5, 0.6) is 0 Å². The van der Waals surface area contributed by atoms with Gasteiger partial charge in [-0.2, -0.15) is 0 Å². The Balaban J connectivity index is 1.88. The average molecular weight is 448 g/mol. The Kier molecular flexibility index (Phi) is 7.75. The van der Waals surface area contributed by atoms with Crippen molar-refractivity contribution in [3.05, 3.63) is 89.2 Å². The molecule has 1 aromatic heterocycles. The number of hydrogen-bond acceptors (Lipinski definition) is 5. The summed E-state index contributed by atoms with van der Waals surface area (Å²) in [4.78, 5) is 40.9. The number of pyridine rings is 1. The molecule has 3 rings (SSSR count). The van der Waals surface area contributed by atoms with Gasteiger partial charge in [-0.3, -0.25) is 9.78 Å². The monoisotopic (exact) mass is 448 g/mol. The first-order valence-corrected chi connectivity index (χ1v) is 10.3. The highest BCUT2D eigenvalue weighted by Gasteiger charge is 2.18. The molecular weight excluding hydrogens is 424 g/mol. The van der Waals surface area contributed by atoms with E-state index in [1.807, 2.05) is 30.3 Å². The molecule has 170 valence electrons. The van der Waals surface area contributed by atoms with Crippen molar-refractivity contribution >= 4 is 18.0 Å². The first-order chi connectivity index (χ1) is 15.9. The predicted octanol–water partition coefficient (Wildman–Crippen LogP) is 4.23. The van der Waals surface area contributed by atoms with E-state index in [0.29, 0.717) is 28.8 Å². The number of carbonyl (C=O) groups excluding carboxylic acids is 1. The molecule has 0 bridgehead atoms. The molecular formula is C25H24N2O6. The van der Waals surface area contributed by atoms with Crippen LogP contribution in [0.15, 0.2) is 67.0 Å². The predicted molar refractivity (Wildman–Crippen MR) is 121 cm³/mol. The Morgan fingerprint density at radius 2 is 1.73 bits per heavy atom. The molecule has 0 saturated carbocycles. The summed E-state index contributed by atoms with van der Waals surface area (Å²) in [6.07, 6.45) is 2.35. The zero-order valence-electron chi connectivity index (χ0n) is 18.1. The second-order valence-electron chi connectivity index (χ2n) is 7.38. The van der Waals surface area contributed by atoms with Gasteiger partial charge in [-0.05, 0) is 47.4 Å². The zero-order valence-corrected chi connectivity index (χ0v) is 18.1. The maximum Gasteiger partial charge on any atom is 0.410 e. The quantitative estimate of drug-likeness (QED) is 0.503. The average Bonchev–Trinajstić information content (AvgIpc) is 2.81. The van der Waals surface area contributed by atoms with Crippen LogP contribution in [0.25, 0.3) is 11.1 Å². The Labute approximate surface area is 191 Å². The molecule has 1 heterocycles. The van der Waals surface area contributed by atoms with Crippen molar-refractivity contribution in [3.8, 4) is 11.1 Å². The number of aromatic carboxylic acids is 1. The van der Waals surface area contributed by atoms with Crippen LogP contribution in [0.3, 0.4) is 0 Å². The van der Waals surface area contributed by atoms with Crippen LogP contribution in [0.1, 0.15) is 34.0 Å². The van der Waals surface area contributed by atoms with Crippen LogP contribution < -0.4 is 0 Å². The van der Waals surface area contributed by atoms with E-state index < -0.39 is 18.0 Å². The number of aromatic nitrogens is 1. The molecule has 0 aliphatic carbocycles. The molecule has 0 fully saturated rings. The number of carboxylic acids is 2. The number of amides is 1. The van der Waals surface area contributed by atoms with Crippen molar-refractivity contribution < 1.29 is 29.3 Å². The molecule has 0 spiro atoms. The summed E-state index contributed by atoms with van der Waals surface area (Å²) in [5.74, 6) is -2.07. The first-order valence-electron chi connectivity index (χ1n) is 10.3. The van der Waals surface area contributed by atoms with E-state index in [1.165, 1.54) is 23.2 Å². The van der Waals surface area contributed by atoms with Gasteiger partial charge < -0.3 is 19.8 Å². The normalized spacial score (nSPS) is 10.5. The van der Waals surface area contributed by atoms with Crippen molar-refractivity contribution in [1.82, 2.24) is 9.88 Å². The summed E-state index contributed by atoms with van der Waals surface area (Å²) in [5, 5.41) is 18.5. The largest absolute Gasteiger partial charge is 0.481 e. The highest BCUT2D eigenvalue weighted by Crippen LogP contribution is 2.27. The number of nitrogens with zero attached hydrogens (tertiary/aromatic N) is 2. The minimum Gasteiger partial charge on any atom is -0.481 e. The Hall–Kier alpha value is -4.20. The topological polar surface area (TPSA) is 117 Å². The van der Waals surface area contributed by atoms with Gasteiger partial charge in [0.05, 0.1) is 12.0 Å². The summed E-state index contributed by atoms with van der Waals surface area (Å²) >= 11 is 0. The van der Waals surface area contributed by atoms with E-state index in [9.17, 15) is 19.5 Å². The van der Waals surface area contributed by atoms with E-state index in [-0.39, 0.29) is 25.1 Å². The van der Waals surface area contributed by atoms with Crippen LogP contribution in [-0.2, 0) is 29.1 Å². The van der Waals surface area contributed by atoms with Crippen LogP contribution >= 0.6 is 0 Å². The van der Waals surface area contributed by atoms with Crippen molar-refractivity contribution in [1.29, 1.82) is 0 Å². The van der Waals surface area contributed by atoms with Gasteiger partial charge in [0.25, 0.3) is 0 Å². The van der Waals surface area contributed by atoms with Gasteiger partial charge in [-0.1, -0.05) is 36.4 Å². The Bertz CT molecular complexity index is 1150. The molecule has 33 heavy (non-hydrogen) atoms. The van der Waals surface area contributed by atoms with E-state index in [1.54, 1.807) is 25.3 Å². The summed E-state index contributed by atoms with van der Waals surface area (Å²) in [5.41, 5.74) is 3.34. The van der Waals surface area contributed by atoms with Crippen LogP contribution in [0.2, 0.25) is 0 Å². The lowest BCUT2D eigenvalue weighted by molar-refractivity contribution is -0.136. The van der Waals surface area contributed by atoms with Crippen molar-refractivity contribution in [2.24, 2.45) is 0 Å². The highest BCUT2D eigenvalue weighted by atomic mass is 16.6. The fourth-order valence-corrected chi connectivity index (χ4v) is 3.37. The molecule has 8 heteroatoms. The fourth-order valence-electron chi connectivity index (χ4n) is 3.37. The standard InChI is InChI=1S/C25H24N2O6/c1-2-27(25(32)33-16-17-6-4-3-5-7-17)15-21-12-19(24(30)31)8-9-22(21)20-10-18(11-23(28)29)13-26-14-20/h3-10,12-14H,2,11,15-16H2,1H3,(H,28,29)(H,30,31). The molecule has 0 radical (unpaired) electrons. The number of rotatable bonds is 9. The number of carboxylic acid groups (broad SMARTS) is 2. The van der Waals surface area contributed by atoms with Gasteiger partial charge in [-0.15, -0.1) is 0 Å². The van der Waals surface area contributed by atoms with Crippen molar-refractivity contribution in [3.63, 3.8) is 0 Å². The molecule has 2 N–H and O–H groups in total. The third-order valence-electron chi connectivity index (χ3n) is 5.02. The number of hydrogen-bond donors (Lipinski definition) is 2. The molecule has 3 aromatic rings. The Morgan fingerprint density at radius 1 is 0.970 bits per heavy atom. The smallest absolute Gasteiger partial charge is 0.410 e. The number of aliphatic carboxylic acids is 1. The van der Waals surface area contributed by atoms with E-state index >= 15 is 0 Å². The molecule has 1 amide bonds.